The Labute approximate surface area is 125 Å². The summed E-state index contributed by atoms with van der Waals surface area (Å²) in [5.74, 6) is 0.0260. The summed E-state index contributed by atoms with van der Waals surface area (Å²) in [4.78, 5) is 14.4. The molecule has 0 bridgehead atoms. The van der Waals surface area contributed by atoms with Gasteiger partial charge in [-0.15, -0.1) is 0 Å². The van der Waals surface area contributed by atoms with Gasteiger partial charge < -0.3 is 15.8 Å². The summed E-state index contributed by atoms with van der Waals surface area (Å²) in [6.45, 7) is 8.44. The maximum atomic E-state index is 12.8. The Kier molecular flexibility index (Phi) is 3.48. The van der Waals surface area contributed by atoms with Crippen molar-refractivity contribution in [3.8, 4) is 0 Å². The number of anilines is 1. The van der Waals surface area contributed by atoms with Crippen LogP contribution in [-0.2, 0) is 4.79 Å². The molecule has 0 heterocycles. The first-order valence-electron chi connectivity index (χ1n) is 7.00. The Balaban J connectivity index is 2.35. The van der Waals surface area contributed by atoms with Gasteiger partial charge in [-0.1, -0.05) is 45.0 Å². The van der Waals surface area contributed by atoms with E-state index in [0.717, 1.165) is 0 Å². The summed E-state index contributed by atoms with van der Waals surface area (Å²) in [5, 5.41) is 11.9. The monoisotopic (exact) mass is 289 g/mol. The van der Waals surface area contributed by atoms with E-state index in [9.17, 15) is 4.79 Å². The van der Waals surface area contributed by atoms with E-state index in [0.29, 0.717) is 11.3 Å². The summed E-state index contributed by atoms with van der Waals surface area (Å²) >= 11 is 0. The van der Waals surface area contributed by atoms with E-state index in [1.807, 2.05) is 6.07 Å². The number of amides is 1. The van der Waals surface area contributed by atoms with Crippen molar-refractivity contribution in [2.75, 3.05) is 11.9 Å². The van der Waals surface area contributed by atoms with Gasteiger partial charge >= 0.3 is 0 Å². The molecule has 0 aromatic heterocycles. The predicted molar refractivity (Wildman–Crippen MR) is 83.4 cm³/mol. The fraction of sp³-hybridized carbons (Fsp3) is 0.500. The SMILES string of the molecule is CN(C(=O)C1C(C)(C)C1(C)C)c1ccccc1/C(N)=N/O. The first-order chi connectivity index (χ1) is 9.66. The maximum Gasteiger partial charge on any atom is 0.230 e. The molecule has 1 aliphatic rings. The van der Waals surface area contributed by atoms with Crippen LogP contribution in [0.25, 0.3) is 0 Å². The van der Waals surface area contributed by atoms with Crippen LogP contribution in [-0.4, -0.2) is 24.0 Å². The van der Waals surface area contributed by atoms with Crippen LogP contribution in [0.2, 0.25) is 0 Å². The van der Waals surface area contributed by atoms with Gasteiger partial charge in [0, 0.05) is 18.5 Å². The minimum Gasteiger partial charge on any atom is -0.409 e. The zero-order valence-corrected chi connectivity index (χ0v) is 13.2. The molecule has 0 saturated heterocycles. The quantitative estimate of drug-likeness (QED) is 0.388. The van der Waals surface area contributed by atoms with Crippen LogP contribution in [0.4, 0.5) is 5.69 Å². The van der Waals surface area contributed by atoms with Crippen LogP contribution in [0.1, 0.15) is 33.3 Å². The number of nitrogens with zero attached hydrogens (tertiary/aromatic N) is 2. The van der Waals surface area contributed by atoms with Gasteiger partial charge in [0.25, 0.3) is 0 Å². The number of carbonyl (C=O) groups excluding carboxylic acids is 1. The average molecular weight is 289 g/mol. The summed E-state index contributed by atoms with van der Waals surface area (Å²) in [7, 11) is 1.73. The first-order valence-corrected chi connectivity index (χ1v) is 7.00. The van der Waals surface area contributed by atoms with Crippen LogP contribution < -0.4 is 10.6 Å². The minimum absolute atomic E-state index is 0.000401. The molecule has 0 spiro atoms. The van der Waals surface area contributed by atoms with E-state index in [-0.39, 0.29) is 28.5 Å². The van der Waals surface area contributed by atoms with Crippen molar-refractivity contribution in [1.29, 1.82) is 0 Å². The number of rotatable bonds is 3. The van der Waals surface area contributed by atoms with Gasteiger partial charge in [0.1, 0.15) is 0 Å². The molecule has 114 valence electrons. The highest BCUT2D eigenvalue weighted by molar-refractivity contribution is 6.07. The van der Waals surface area contributed by atoms with Crippen molar-refractivity contribution < 1.29 is 10.0 Å². The Bertz CT molecular complexity index is 591. The molecule has 1 amide bonds. The number of oxime groups is 1. The van der Waals surface area contributed by atoms with E-state index in [4.69, 9.17) is 10.9 Å². The number of para-hydroxylation sites is 1. The lowest BCUT2D eigenvalue weighted by Gasteiger charge is -2.21. The number of carbonyl (C=O) groups is 1. The van der Waals surface area contributed by atoms with Crippen LogP contribution >= 0.6 is 0 Å². The van der Waals surface area contributed by atoms with Crippen molar-refractivity contribution in [1.82, 2.24) is 0 Å². The van der Waals surface area contributed by atoms with Gasteiger partial charge in [0.05, 0.1) is 5.69 Å². The van der Waals surface area contributed by atoms with Crippen molar-refractivity contribution in [3.63, 3.8) is 0 Å². The third-order valence-corrected chi connectivity index (χ3v) is 5.25. The highest BCUT2D eigenvalue weighted by atomic mass is 16.4. The average Bonchev–Trinajstić information content (AvgIpc) is 2.86. The Morgan fingerprint density at radius 3 is 2.24 bits per heavy atom. The van der Waals surface area contributed by atoms with Gasteiger partial charge in [-0.25, -0.2) is 0 Å². The third-order valence-electron chi connectivity index (χ3n) is 5.25. The van der Waals surface area contributed by atoms with Crippen LogP contribution in [0, 0.1) is 16.7 Å². The Morgan fingerprint density at radius 1 is 1.24 bits per heavy atom. The first kappa shape index (κ1) is 15.4. The molecule has 1 aromatic carbocycles. The van der Waals surface area contributed by atoms with E-state index in [2.05, 4.69) is 32.9 Å². The predicted octanol–water partition coefficient (Wildman–Crippen LogP) is 2.43. The second-order valence-electron chi connectivity index (χ2n) is 6.78. The molecule has 21 heavy (non-hydrogen) atoms. The lowest BCUT2D eigenvalue weighted by molar-refractivity contribution is -0.120. The molecule has 0 unspecified atom stereocenters. The molecule has 5 heteroatoms. The number of hydrogen-bond donors (Lipinski definition) is 2. The van der Waals surface area contributed by atoms with Crippen molar-refractivity contribution in [2.24, 2.45) is 27.6 Å². The van der Waals surface area contributed by atoms with Crippen LogP contribution in [0.3, 0.4) is 0 Å². The number of benzene rings is 1. The standard InChI is InChI=1S/C16H23N3O2/c1-15(2)12(16(15,3)4)14(20)19(5)11-9-7-6-8-10(11)13(17)18-21/h6-9,12,21H,1-5H3,(H2,17,18). The Morgan fingerprint density at radius 2 is 1.76 bits per heavy atom. The van der Waals surface area contributed by atoms with Crippen molar-refractivity contribution in [2.45, 2.75) is 27.7 Å². The molecular weight excluding hydrogens is 266 g/mol. The lowest BCUT2D eigenvalue weighted by Crippen LogP contribution is -2.32. The fourth-order valence-electron chi connectivity index (χ4n) is 3.16. The van der Waals surface area contributed by atoms with E-state index in [1.54, 1.807) is 30.1 Å². The minimum atomic E-state index is -0.0321. The largest absolute Gasteiger partial charge is 0.409 e. The van der Waals surface area contributed by atoms with Gasteiger partial charge in [-0.3, -0.25) is 4.79 Å². The topological polar surface area (TPSA) is 78.9 Å². The van der Waals surface area contributed by atoms with Gasteiger partial charge in [0.15, 0.2) is 5.84 Å². The van der Waals surface area contributed by atoms with Crippen LogP contribution in [0.15, 0.2) is 29.4 Å². The molecular formula is C16H23N3O2. The van der Waals surface area contributed by atoms with E-state index >= 15 is 0 Å². The molecule has 1 saturated carbocycles. The summed E-state index contributed by atoms with van der Waals surface area (Å²) in [6.07, 6.45) is 0. The molecule has 0 atom stereocenters. The smallest absolute Gasteiger partial charge is 0.230 e. The molecule has 1 fully saturated rings. The summed E-state index contributed by atoms with van der Waals surface area (Å²) in [6, 6.07) is 7.15. The number of amidine groups is 1. The second kappa shape index (κ2) is 4.76. The fourth-order valence-corrected chi connectivity index (χ4v) is 3.16. The second-order valence-corrected chi connectivity index (χ2v) is 6.78. The maximum absolute atomic E-state index is 12.8. The van der Waals surface area contributed by atoms with E-state index in [1.165, 1.54) is 0 Å². The normalized spacial score (nSPS) is 20.1. The van der Waals surface area contributed by atoms with Gasteiger partial charge in [-0.05, 0) is 23.0 Å². The molecule has 3 N–H and O–H groups in total. The highest BCUT2D eigenvalue weighted by Gasteiger charge is 2.68. The van der Waals surface area contributed by atoms with Crippen molar-refractivity contribution >= 4 is 17.4 Å². The molecule has 0 aliphatic heterocycles. The highest BCUT2D eigenvalue weighted by Crippen LogP contribution is 2.68. The summed E-state index contributed by atoms with van der Waals surface area (Å²) < 4.78 is 0. The molecule has 0 radical (unpaired) electrons. The molecule has 2 rings (SSSR count). The lowest BCUT2D eigenvalue weighted by atomic mass is 10.0. The zero-order chi connectivity index (χ0) is 16.0. The molecule has 1 aromatic rings. The van der Waals surface area contributed by atoms with Gasteiger partial charge in [-0.2, -0.15) is 0 Å². The zero-order valence-electron chi connectivity index (χ0n) is 13.2. The summed E-state index contributed by atoms with van der Waals surface area (Å²) in [5.41, 5.74) is 6.84. The molecule has 5 nitrogen and oxygen atoms in total. The number of hydrogen-bond acceptors (Lipinski definition) is 3. The number of nitrogens with two attached hydrogens (primary N) is 1. The molecule has 1 aliphatic carbocycles. The van der Waals surface area contributed by atoms with E-state index < -0.39 is 0 Å². The Hall–Kier alpha value is -2.04. The van der Waals surface area contributed by atoms with Crippen molar-refractivity contribution in [3.05, 3.63) is 29.8 Å². The third kappa shape index (κ3) is 2.17. The van der Waals surface area contributed by atoms with Gasteiger partial charge in [0.2, 0.25) is 5.91 Å². The van der Waals surface area contributed by atoms with Crippen LogP contribution in [0.5, 0.6) is 0 Å².